The van der Waals surface area contributed by atoms with E-state index in [4.69, 9.17) is 0 Å². The van der Waals surface area contributed by atoms with E-state index in [0.717, 1.165) is 29.0 Å². The van der Waals surface area contributed by atoms with Crippen LogP contribution < -0.4 is 4.31 Å². The molecule has 124 valence electrons. The van der Waals surface area contributed by atoms with Gasteiger partial charge in [0.2, 0.25) is 0 Å². The smallest absolute Gasteiger partial charge is 0.261 e. The molecule has 0 saturated heterocycles. The Morgan fingerprint density at radius 3 is 2.50 bits per heavy atom. The minimum absolute atomic E-state index is 0.0267. The van der Waals surface area contributed by atoms with Crippen LogP contribution in [0.2, 0.25) is 0 Å². The maximum absolute atomic E-state index is 13.4. The fourth-order valence-corrected chi connectivity index (χ4v) is 6.58. The van der Waals surface area contributed by atoms with Crippen molar-refractivity contribution in [1.82, 2.24) is 0 Å². The zero-order valence-corrected chi connectivity index (χ0v) is 15.1. The monoisotopic (exact) mass is 357 g/mol. The molecular weight excluding hydrogens is 338 g/mol. The van der Waals surface area contributed by atoms with Gasteiger partial charge in [-0.05, 0) is 44.0 Å². The van der Waals surface area contributed by atoms with E-state index in [1.807, 2.05) is 43.3 Å². The lowest BCUT2D eigenvalue weighted by Gasteiger charge is -2.43. The first kappa shape index (κ1) is 15.8. The van der Waals surface area contributed by atoms with Crippen LogP contribution in [-0.2, 0) is 10.0 Å². The molecule has 2 atom stereocenters. The van der Waals surface area contributed by atoms with Gasteiger partial charge in [0.15, 0.2) is 0 Å². The first-order chi connectivity index (χ1) is 11.6. The van der Waals surface area contributed by atoms with Crippen LogP contribution in [0, 0.1) is 6.92 Å². The summed E-state index contributed by atoms with van der Waals surface area (Å²) in [6.07, 6.45) is 5.94. The standard InChI is InChI=1S/C19H19NO2S2/c1-14-10-12-15(13-11-14)24(21,22)20-16-6-2-4-8-18(16)23-19-9-5-3-7-17(19)20/h2-6,8,10-13,17,19H,7,9H2,1H3/t17-,19-/m0/s1. The van der Waals surface area contributed by atoms with Gasteiger partial charge in [0.1, 0.15) is 0 Å². The van der Waals surface area contributed by atoms with Gasteiger partial charge >= 0.3 is 0 Å². The highest BCUT2D eigenvalue weighted by Gasteiger charge is 2.41. The molecule has 0 spiro atoms. The molecule has 0 amide bonds. The Hall–Kier alpha value is -1.72. The van der Waals surface area contributed by atoms with E-state index in [-0.39, 0.29) is 11.3 Å². The first-order valence-electron chi connectivity index (χ1n) is 8.09. The van der Waals surface area contributed by atoms with E-state index in [1.54, 1.807) is 28.2 Å². The van der Waals surface area contributed by atoms with Crippen LogP contribution in [0.25, 0.3) is 0 Å². The second-order valence-electron chi connectivity index (χ2n) is 6.25. The van der Waals surface area contributed by atoms with Gasteiger partial charge in [-0.15, -0.1) is 11.8 Å². The molecule has 5 heteroatoms. The van der Waals surface area contributed by atoms with Crippen LogP contribution in [-0.4, -0.2) is 19.7 Å². The molecule has 2 aliphatic rings. The van der Waals surface area contributed by atoms with E-state index in [0.29, 0.717) is 4.90 Å². The Kier molecular flexibility index (Phi) is 3.93. The molecule has 2 aromatic carbocycles. The topological polar surface area (TPSA) is 37.4 Å². The molecule has 2 aromatic rings. The summed E-state index contributed by atoms with van der Waals surface area (Å²) in [6, 6.07) is 14.9. The summed E-state index contributed by atoms with van der Waals surface area (Å²) < 4.78 is 28.5. The molecule has 24 heavy (non-hydrogen) atoms. The number of allylic oxidation sites excluding steroid dienone is 1. The number of rotatable bonds is 2. The minimum atomic E-state index is -3.58. The zero-order valence-electron chi connectivity index (χ0n) is 13.4. The van der Waals surface area contributed by atoms with Gasteiger partial charge in [0.05, 0.1) is 16.6 Å². The highest BCUT2D eigenvalue weighted by Crippen LogP contribution is 2.47. The fraction of sp³-hybridized carbons (Fsp3) is 0.263. The largest absolute Gasteiger partial charge is 0.264 e. The van der Waals surface area contributed by atoms with Crippen LogP contribution in [0.1, 0.15) is 18.4 Å². The summed E-state index contributed by atoms with van der Waals surface area (Å²) in [6.45, 7) is 1.96. The van der Waals surface area contributed by atoms with Gasteiger partial charge in [0, 0.05) is 10.1 Å². The fourth-order valence-electron chi connectivity index (χ4n) is 3.36. The normalized spacial score (nSPS) is 22.8. The van der Waals surface area contributed by atoms with Crippen LogP contribution >= 0.6 is 11.8 Å². The quantitative estimate of drug-likeness (QED) is 0.749. The highest BCUT2D eigenvalue weighted by molar-refractivity contribution is 8.00. The van der Waals surface area contributed by atoms with Crippen molar-refractivity contribution in [3.05, 3.63) is 66.2 Å². The van der Waals surface area contributed by atoms with Crippen LogP contribution in [0.4, 0.5) is 5.69 Å². The number of hydrogen-bond acceptors (Lipinski definition) is 3. The molecule has 0 aromatic heterocycles. The summed E-state index contributed by atoms with van der Waals surface area (Å²) in [5.74, 6) is 0. The van der Waals surface area contributed by atoms with Crippen molar-refractivity contribution in [3.63, 3.8) is 0 Å². The lowest BCUT2D eigenvalue weighted by atomic mass is 10.0. The Morgan fingerprint density at radius 2 is 1.71 bits per heavy atom. The van der Waals surface area contributed by atoms with E-state index in [1.165, 1.54) is 0 Å². The molecule has 0 bridgehead atoms. The summed E-state index contributed by atoms with van der Waals surface area (Å²) in [7, 11) is -3.58. The molecule has 1 aliphatic carbocycles. The maximum atomic E-state index is 13.4. The van der Waals surface area contributed by atoms with Crippen LogP contribution in [0.15, 0.2) is 70.5 Å². The summed E-state index contributed by atoms with van der Waals surface area (Å²) in [5, 5.41) is 0.269. The van der Waals surface area contributed by atoms with Gasteiger partial charge in [0.25, 0.3) is 10.0 Å². The predicted molar refractivity (Wildman–Crippen MR) is 99.1 cm³/mol. The first-order valence-corrected chi connectivity index (χ1v) is 10.4. The second kappa shape index (κ2) is 5.97. The number of benzene rings is 2. The average Bonchev–Trinajstić information content (AvgIpc) is 2.59. The third-order valence-electron chi connectivity index (χ3n) is 4.60. The average molecular weight is 358 g/mol. The molecule has 0 unspecified atom stereocenters. The van der Waals surface area contributed by atoms with Gasteiger partial charge in [-0.2, -0.15) is 0 Å². The summed E-state index contributed by atoms with van der Waals surface area (Å²) in [5.41, 5.74) is 1.86. The lowest BCUT2D eigenvalue weighted by molar-refractivity contribution is 0.555. The predicted octanol–water partition coefficient (Wildman–Crippen LogP) is 4.38. The van der Waals surface area contributed by atoms with Gasteiger partial charge in [-0.25, -0.2) is 8.42 Å². The zero-order chi connectivity index (χ0) is 16.7. The van der Waals surface area contributed by atoms with Crippen molar-refractivity contribution in [2.75, 3.05) is 4.31 Å². The van der Waals surface area contributed by atoms with E-state index in [2.05, 4.69) is 12.2 Å². The number of sulfonamides is 1. The van der Waals surface area contributed by atoms with Crippen LogP contribution in [0.3, 0.4) is 0 Å². The summed E-state index contributed by atoms with van der Waals surface area (Å²) >= 11 is 1.80. The summed E-state index contributed by atoms with van der Waals surface area (Å²) in [4.78, 5) is 1.41. The number of para-hydroxylation sites is 1. The molecular formula is C19H19NO2S2. The Balaban J connectivity index is 1.87. The minimum Gasteiger partial charge on any atom is -0.261 e. The molecule has 3 nitrogen and oxygen atoms in total. The van der Waals surface area contributed by atoms with Crippen molar-refractivity contribution in [3.8, 4) is 0 Å². The lowest BCUT2D eigenvalue weighted by Crippen LogP contribution is -2.49. The van der Waals surface area contributed by atoms with E-state index < -0.39 is 10.0 Å². The van der Waals surface area contributed by atoms with E-state index >= 15 is 0 Å². The molecule has 0 fully saturated rings. The van der Waals surface area contributed by atoms with Gasteiger partial charge in [-0.3, -0.25) is 4.31 Å². The molecule has 1 aliphatic heterocycles. The third-order valence-corrected chi connectivity index (χ3v) is 7.86. The number of anilines is 1. The van der Waals surface area contributed by atoms with Gasteiger partial charge in [-0.1, -0.05) is 42.0 Å². The maximum Gasteiger partial charge on any atom is 0.264 e. The molecule has 1 heterocycles. The highest BCUT2D eigenvalue weighted by atomic mass is 32.2. The third kappa shape index (κ3) is 2.56. The SMILES string of the molecule is Cc1ccc(S(=O)(=O)N2c3ccccc3S[C@H]3CC=CC[C@@H]32)cc1. The van der Waals surface area contributed by atoms with Crippen molar-refractivity contribution < 1.29 is 8.42 Å². The number of hydrogen-bond donors (Lipinski definition) is 0. The number of aryl methyl sites for hydroxylation is 1. The number of fused-ring (bicyclic) bond motifs is 2. The van der Waals surface area contributed by atoms with Crippen molar-refractivity contribution in [2.45, 2.75) is 40.8 Å². The molecule has 0 saturated carbocycles. The Morgan fingerprint density at radius 1 is 1.00 bits per heavy atom. The van der Waals surface area contributed by atoms with Crippen molar-refractivity contribution in [2.24, 2.45) is 0 Å². The second-order valence-corrected chi connectivity index (χ2v) is 9.34. The van der Waals surface area contributed by atoms with Crippen LogP contribution in [0.5, 0.6) is 0 Å². The number of nitrogens with zero attached hydrogens (tertiary/aromatic N) is 1. The molecule has 0 N–H and O–H groups in total. The Labute approximate surface area is 147 Å². The molecule has 4 rings (SSSR count). The molecule has 0 radical (unpaired) electrons. The number of thioether (sulfide) groups is 1. The van der Waals surface area contributed by atoms with E-state index in [9.17, 15) is 8.42 Å². The van der Waals surface area contributed by atoms with Gasteiger partial charge < -0.3 is 0 Å². The Bertz CT molecular complexity index is 888. The van der Waals surface area contributed by atoms with Crippen molar-refractivity contribution in [1.29, 1.82) is 0 Å². The van der Waals surface area contributed by atoms with Crippen molar-refractivity contribution >= 4 is 27.5 Å².